The van der Waals surface area contributed by atoms with Crippen LogP contribution in [0.15, 0.2) is 40.7 Å². The molecule has 1 fully saturated rings. The second kappa shape index (κ2) is 8.06. The normalized spacial score (nSPS) is 15.8. The molecule has 0 radical (unpaired) electrons. The zero-order chi connectivity index (χ0) is 19.6. The van der Waals surface area contributed by atoms with Crippen molar-refractivity contribution in [1.82, 2.24) is 14.3 Å². The third kappa shape index (κ3) is 3.81. The van der Waals surface area contributed by atoms with Crippen LogP contribution in [-0.4, -0.2) is 37.6 Å². The summed E-state index contributed by atoms with van der Waals surface area (Å²) in [5.74, 6) is 0.250. The van der Waals surface area contributed by atoms with E-state index in [9.17, 15) is 9.59 Å². The number of carbonyl (C=O) groups is 1. The van der Waals surface area contributed by atoms with Gasteiger partial charge in [0.15, 0.2) is 0 Å². The zero-order valence-electron chi connectivity index (χ0n) is 15.2. The topological polar surface area (TPSA) is 66.7 Å². The lowest BCUT2D eigenvalue weighted by molar-refractivity contribution is -0.122. The van der Waals surface area contributed by atoms with Gasteiger partial charge >= 0.3 is 0 Å². The van der Waals surface area contributed by atoms with Gasteiger partial charge in [0.2, 0.25) is 0 Å². The van der Waals surface area contributed by atoms with E-state index in [1.165, 1.54) is 16.2 Å². The molecule has 3 heterocycles. The largest absolute Gasteiger partial charge is 0.366 e. The molecule has 0 spiro atoms. The first-order valence-electron chi connectivity index (χ1n) is 8.59. The molecule has 0 bridgehead atoms. The number of aromatic nitrogens is 2. The van der Waals surface area contributed by atoms with Crippen LogP contribution in [0.5, 0.6) is 0 Å². The van der Waals surface area contributed by atoms with Gasteiger partial charge in [-0.3, -0.25) is 18.9 Å². The van der Waals surface area contributed by atoms with Gasteiger partial charge in [-0.2, -0.15) is 0 Å². The minimum atomic E-state index is -0.240. The van der Waals surface area contributed by atoms with Gasteiger partial charge in [0.05, 0.1) is 10.5 Å². The van der Waals surface area contributed by atoms with E-state index in [1.807, 2.05) is 19.9 Å². The minimum absolute atomic E-state index is 0.171. The van der Waals surface area contributed by atoms with Crippen LogP contribution in [0.4, 0.5) is 5.82 Å². The number of anilines is 1. The third-order valence-corrected chi connectivity index (χ3v) is 5.39. The van der Waals surface area contributed by atoms with Crippen molar-refractivity contribution in [2.75, 3.05) is 18.4 Å². The van der Waals surface area contributed by atoms with Crippen molar-refractivity contribution in [3.63, 3.8) is 0 Å². The molecule has 0 aromatic carbocycles. The number of rotatable bonds is 6. The highest BCUT2D eigenvalue weighted by atomic mass is 32.2. The third-order valence-electron chi connectivity index (χ3n) is 4.02. The van der Waals surface area contributed by atoms with Gasteiger partial charge in [0.25, 0.3) is 11.5 Å². The van der Waals surface area contributed by atoms with Crippen molar-refractivity contribution in [2.24, 2.45) is 0 Å². The van der Waals surface area contributed by atoms with Crippen LogP contribution in [0.25, 0.3) is 11.7 Å². The number of carbonyl (C=O) groups excluding carboxylic acids is 1. The summed E-state index contributed by atoms with van der Waals surface area (Å²) < 4.78 is 2.01. The summed E-state index contributed by atoms with van der Waals surface area (Å²) in [6.45, 7) is 8.60. The monoisotopic (exact) mass is 400 g/mol. The Morgan fingerprint density at radius 1 is 1.37 bits per heavy atom. The summed E-state index contributed by atoms with van der Waals surface area (Å²) >= 11 is 6.52. The van der Waals surface area contributed by atoms with Gasteiger partial charge in [-0.25, -0.2) is 4.98 Å². The molecule has 3 rings (SSSR count). The molecule has 6 nitrogen and oxygen atoms in total. The molecule has 0 saturated carbocycles. The van der Waals surface area contributed by atoms with E-state index in [2.05, 4.69) is 16.9 Å². The van der Waals surface area contributed by atoms with Crippen molar-refractivity contribution < 1.29 is 4.79 Å². The van der Waals surface area contributed by atoms with Crippen molar-refractivity contribution in [2.45, 2.75) is 20.3 Å². The molecule has 2 aromatic rings. The van der Waals surface area contributed by atoms with Crippen molar-refractivity contribution >= 4 is 51.7 Å². The highest BCUT2D eigenvalue weighted by molar-refractivity contribution is 8.26. The highest BCUT2D eigenvalue weighted by Crippen LogP contribution is 2.33. The smallest absolute Gasteiger partial charge is 0.267 e. The summed E-state index contributed by atoms with van der Waals surface area (Å²) in [5.41, 5.74) is 1.57. The molecule has 0 aliphatic carbocycles. The van der Waals surface area contributed by atoms with Crippen LogP contribution in [0.3, 0.4) is 0 Å². The van der Waals surface area contributed by atoms with Gasteiger partial charge in [-0.1, -0.05) is 43.0 Å². The molecule has 8 heteroatoms. The number of hydrogen-bond donors (Lipinski definition) is 1. The molecule has 1 aliphatic heterocycles. The van der Waals surface area contributed by atoms with E-state index >= 15 is 0 Å². The lowest BCUT2D eigenvalue weighted by Crippen LogP contribution is -2.28. The van der Waals surface area contributed by atoms with Crippen LogP contribution < -0.4 is 10.9 Å². The average molecular weight is 401 g/mol. The SMILES string of the molecule is C=CCNc1nc2ccc(C)cn2c(=O)c1/C=C1/SC(=S)N(CCC)C1=O. The summed E-state index contributed by atoms with van der Waals surface area (Å²) in [6.07, 6.45) is 5.82. The fourth-order valence-corrected chi connectivity index (χ4v) is 4.03. The molecule has 1 aliphatic rings. The molecular formula is C19H20N4O2S2. The van der Waals surface area contributed by atoms with E-state index in [0.29, 0.717) is 39.3 Å². The zero-order valence-corrected chi connectivity index (χ0v) is 16.8. The van der Waals surface area contributed by atoms with Crippen LogP contribution in [0, 0.1) is 6.92 Å². The Morgan fingerprint density at radius 3 is 2.85 bits per heavy atom. The Morgan fingerprint density at radius 2 is 2.15 bits per heavy atom. The average Bonchev–Trinajstić information content (AvgIpc) is 2.91. The summed E-state index contributed by atoms with van der Waals surface area (Å²) in [5, 5.41) is 3.09. The minimum Gasteiger partial charge on any atom is -0.366 e. The number of aryl methyl sites for hydroxylation is 1. The first-order chi connectivity index (χ1) is 13.0. The van der Waals surface area contributed by atoms with E-state index in [1.54, 1.807) is 29.3 Å². The summed E-state index contributed by atoms with van der Waals surface area (Å²) in [6, 6.07) is 3.69. The number of hydrogen-bond acceptors (Lipinski definition) is 6. The van der Waals surface area contributed by atoms with Crippen LogP contribution in [-0.2, 0) is 4.79 Å². The fourth-order valence-electron chi connectivity index (χ4n) is 2.74. The van der Waals surface area contributed by atoms with E-state index < -0.39 is 0 Å². The van der Waals surface area contributed by atoms with Crippen molar-refractivity contribution in [3.8, 4) is 0 Å². The highest BCUT2D eigenvalue weighted by Gasteiger charge is 2.31. The van der Waals surface area contributed by atoms with E-state index in [0.717, 1.165) is 12.0 Å². The second-order valence-electron chi connectivity index (χ2n) is 6.12. The Kier molecular flexibility index (Phi) is 5.76. The van der Waals surface area contributed by atoms with Crippen LogP contribution in [0.1, 0.15) is 24.5 Å². The Balaban J connectivity index is 2.15. The standard InChI is InChI=1S/C19H20N4O2S2/c1-4-8-20-16-13(10-14-18(25)22(9-5-2)19(26)27-14)17(24)23-11-12(3)6-7-15(23)21-16/h4,6-7,10-11,20H,1,5,8-9H2,2-3H3/b14-10+. The van der Waals surface area contributed by atoms with Crippen LogP contribution in [0.2, 0.25) is 0 Å². The molecular weight excluding hydrogens is 380 g/mol. The van der Waals surface area contributed by atoms with Gasteiger partial charge in [-0.15, -0.1) is 6.58 Å². The predicted octanol–water partition coefficient (Wildman–Crippen LogP) is 3.21. The molecule has 0 unspecified atom stereocenters. The number of thiocarbonyl (C=S) groups is 1. The van der Waals surface area contributed by atoms with Gasteiger partial charge in [0.1, 0.15) is 15.8 Å². The van der Waals surface area contributed by atoms with Crippen molar-refractivity contribution in [1.29, 1.82) is 0 Å². The summed E-state index contributed by atoms with van der Waals surface area (Å²) in [7, 11) is 0. The molecule has 140 valence electrons. The molecule has 1 N–H and O–H groups in total. The van der Waals surface area contributed by atoms with Gasteiger partial charge in [0, 0.05) is 19.3 Å². The number of pyridine rings is 1. The quantitative estimate of drug-likeness (QED) is 0.456. The Bertz CT molecular complexity index is 1030. The Hall–Kier alpha value is -2.45. The first kappa shape index (κ1) is 19.3. The van der Waals surface area contributed by atoms with Gasteiger partial charge in [-0.05, 0) is 31.1 Å². The maximum Gasteiger partial charge on any atom is 0.267 e. The predicted molar refractivity (Wildman–Crippen MR) is 115 cm³/mol. The van der Waals surface area contributed by atoms with E-state index in [4.69, 9.17) is 12.2 Å². The summed E-state index contributed by atoms with van der Waals surface area (Å²) in [4.78, 5) is 32.3. The lowest BCUT2D eigenvalue weighted by Gasteiger charge is -2.12. The number of fused-ring (bicyclic) bond motifs is 1. The molecule has 1 amide bonds. The molecule has 0 atom stereocenters. The number of nitrogens with zero attached hydrogens (tertiary/aromatic N) is 3. The van der Waals surface area contributed by atoms with Gasteiger partial charge < -0.3 is 5.32 Å². The maximum absolute atomic E-state index is 13.1. The fraction of sp³-hybridized carbons (Fsp3) is 0.263. The lowest BCUT2D eigenvalue weighted by atomic mass is 10.2. The second-order valence-corrected chi connectivity index (χ2v) is 7.79. The number of amides is 1. The van der Waals surface area contributed by atoms with Crippen molar-refractivity contribution in [3.05, 3.63) is 57.4 Å². The molecule has 1 saturated heterocycles. The first-order valence-corrected chi connectivity index (χ1v) is 9.82. The number of thioether (sulfide) groups is 1. The number of nitrogens with one attached hydrogen (secondary N) is 1. The molecule has 2 aromatic heterocycles. The maximum atomic E-state index is 13.1. The van der Waals surface area contributed by atoms with Crippen LogP contribution >= 0.6 is 24.0 Å². The molecule has 27 heavy (non-hydrogen) atoms. The Labute approximate surface area is 167 Å². The van der Waals surface area contributed by atoms with E-state index in [-0.39, 0.29) is 11.5 Å².